The molecule has 1 fully saturated rings. The summed E-state index contributed by atoms with van der Waals surface area (Å²) in [5.74, 6) is 2.54. The van der Waals surface area contributed by atoms with Gasteiger partial charge in [0.15, 0.2) is 0 Å². The molecule has 3 N–H and O–H groups in total. The number of rotatable bonds is 5. The van der Waals surface area contributed by atoms with Crippen molar-refractivity contribution < 1.29 is 0 Å². The summed E-state index contributed by atoms with van der Waals surface area (Å²) in [6, 6.07) is 0. The Labute approximate surface area is 103 Å². The van der Waals surface area contributed by atoms with Crippen molar-refractivity contribution in [2.45, 2.75) is 44.1 Å². The molecule has 0 aromatic rings. The lowest BCUT2D eigenvalue weighted by Gasteiger charge is -2.37. The summed E-state index contributed by atoms with van der Waals surface area (Å²) in [6.45, 7) is 1.92. The van der Waals surface area contributed by atoms with Crippen molar-refractivity contribution in [2.24, 2.45) is 5.73 Å². The van der Waals surface area contributed by atoms with Gasteiger partial charge in [-0.15, -0.1) is 0 Å². The van der Waals surface area contributed by atoms with Gasteiger partial charge in [0.05, 0.1) is 0 Å². The minimum absolute atomic E-state index is 0.254. The fourth-order valence-corrected chi connectivity index (χ4v) is 3.94. The summed E-state index contributed by atoms with van der Waals surface area (Å²) >= 11 is 2.06. The van der Waals surface area contributed by atoms with E-state index in [9.17, 15) is 0 Å². The van der Waals surface area contributed by atoms with Crippen molar-refractivity contribution in [1.29, 1.82) is 0 Å². The molecule has 2 rings (SSSR count). The zero-order valence-corrected chi connectivity index (χ0v) is 11.0. The topological polar surface area (TPSA) is 38.0 Å². The minimum Gasteiger partial charge on any atom is -0.329 e. The van der Waals surface area contributed by atoms with Crippen molar-refractivity contribution in [3.05, 3.63) is 11.6 Å². The van der Waals surface area contributed by atoms with Gasteiger partial charge < -0.3 is 11.1 Å². The average Bonchev–Trinajstić information content (AvgIpc) is 2.83. The normalized spacial score (nSPS) is 24.4. The predicted octanol–water partition coefficient (Wildman–Crippen LogP) is 2.30. The molecular formula is C13H24N2S. The predicted molar refractivity (Wildman–Crippen MR) is 72.9 cm³/mol. The van der Waals surface area contributed by atoms with Crippen LogP contribution < -0.4 is 11.1 Å². The summed E-state index contributed by atoms with van der Waals surface area (Å²) < 4.78 is 0. The molecule has 0 aromatic carbocycles. The standard InChI is InChI=1S/C13H24N2S/c14-11-13(6-9-16-10-7-13)15-8-5-12-3-1-2-4-12/h3,15H,1-2,4-11,14H2. The first-order valence-corrected chi connectivity index (χ1v) is 7.71. The van der Waals surface area contributed by atoms with Gasteiger partial charge in [-0.05, 0) is 56.6 Å². The maximum absolute atomic E-state index is 5.95. The third-order valence-electron chi connectivity index (χ3n) is 3.92. The molecule has 0 bridgehead atoms. The lowest BCUT2D eigenvalue weighted by atomic mass is 9.92. The van der Waals surface area contributed by atoms with E-state index in [0.717, 1.165) is 13.1 Å². The lowest BCUT2D eigenvalue weighted by molar-refractivity contribution is 0.310. The van der Waals surface area contributed by atoms with Gasteiger partial charge in [0.1, 0.15) is 0 Å². The summed E-state index contributed by atoms with van der Waals surface area (Å²) in [5.41, 5.74) is 7.86. The van der Waals surface area contributed by atoms with Gasteiger partial charge in [-0.25, -0.2) is 0 Å². The number of nitrogens with one attached hydrogen (secondary N) is 1. The Morgan fingerprint density at radius 3 is 2.81 bits per heavy atom. The van der Waals surface area contributed by atoms with E-state index >= 15 is 0 Å². The van der Waals surface area contributed by atoms with Crippen molar-refractivity contribution in [2.75, 3.05) is 24.6 Å². The van der Waals surface area contributed by atoms with E-state index in [2.05, 4.69) is 23.2 Å². The Morgan fingerprint density at radius 1 is 1.38 bits per heavy atom. The molecule has 2 nitrogen and oxygen atoms in total. The Bertz CT molecular complexity index is 244. The van der Waals surface area contributed by atoms with Crippen LogP contribution in [0.25, 0.3) is 0 Å². The highest BCUT2D eigenvalue weighted by molar-refractivity contribution is 7.99. The van der Waals surface area contributed by atoms with Gasteiger partial charge in [0, 0.05) is 12.1 Å². The zero-order valence-electron chi connectivity index (χ0n) is 10.1. The third kappa shape index (κ3) is 3.25. The molecule has 0 unspecified atom stereocenters. The van der Waals surface area contributed by atoms with Crippen LogP contribution in [0.4, 0.5) is 0 Å². The fraction of sp³-hybridized carbons (Fsp3) is 0.846. The van der Waals surface area contributed by atoms with Gasteiger partial charge in [0.25, 0.3) is 0 Å². The lowest BCUT2D eigenvalue weighted by Crippen LogP contribution is -2.53. The van der Waals surface area contributed by atoms with E-state index in [1.54, 1.807) is 5.57 Å². The molecule has 0 spiro atoms. The van der Waals surface area contributed by atoms with E-state index in [1.165, 1.54) is 50.0 Å². The van der Waals surface area contributed by atoms with Crippen molar-refractivity contribution in [3.8, 4) is 0 Å². The Kier molecular flexibility index (Phi) is 4.74. The number of hydrogen-bond donors (Lipinski definition) is 2. The highest BCUT2D eigenvalue weighted by atomic mass is 32.2. The molecule has 0 atom stereocenters. The molecule has 0 aromatic heterocycles. The van der Waals surface area contributed by atoms with Gasteiger partial charge in [-0.2, -0.15) is 11.8 Å². The second-order valence-electron chi connectivity index (χ2n) is 5.03. The van der Waals surface area contributed by atoms with E-state index < -0.39 is 0 Å². The first kappa shape index (κ1) is 12.5. The quantitative estimate of drug-likeness (QED) is 0.724. The molecule has 1 heterocycles. The Morgan fingerprint density at radius 2 is 2.19 bits per heavy atom. The number of allylic oxidation sites excluding steroid dienone is 1. The Balaban J connectivity index is 1.73. The van der Waals surface area contributed by atoms with Crippen LogP contribution in [0.5, 0.6) is 0 Å². The number of hydrogen-bond acceptors (Lipinski definition) is 3. The first-order valence-electron chi connectivity index (χ1n) is 6.55. The largest absolute Gasteiger partial charge is 0.329 e. The van der Waals surface area contributed by atoms with Crippen LogP contribution in [0, 0.1) is 0 Å². The number of nitrogens with two attached hydrogens (primary N) is 1. The highest BCUT2D eigenvalue weighted by Crippen LogP contribution is 2.26. The number of thioether (sulfide) groups is 1. The SMILES string of the molecule is NCC1(NCCC2=CCCC2)CCSCC1. The molecule has 92 valence electrons. The minimum atomic E-state index is 0.254. The van der Waals surface area contributed by atoms with Crippen LogP contribution in [0.2, 0.25) is 0 Å². The van der Waals surface area contributed by atoms with Crippen LogP contribution >= 0.6 is 11.8 Å². The molecule has 1 saturated heterocycles. The second kappa shape index (κ2) is 6.08. The third-order valence-corrected chi connectivity index (χ3v) is 4.91. The molecule has 1 aliphatic carbocycles. The average molecular weight is 240 g/mol. The Hall–Kier alpha value is 0.01000. The fourth-order valence-electron chi connectivity index (χ4n) is 2.67. The van der Waals surface area contributed by atoms with E-state index in [1.807, 2.05) is 0 Å². The van der Waals surface area contributed by atoms with Crippen molar-refractivity contribution in [3.63, 3.8) is 0 Å². The smallest absolute Gasteiger partial charge is 0.0319 e. The highest BCUT2D eigenvalue weighted by Gasteiger charge is 2.29. The van der Waals surface area contributed by atoms with E-state index in [-0.39, 0.29) is 5.54 Å². The van der Waals surface area contributed by atoms with Crippen LogP contribution in [0.15, 0.2) is 11.6 Å². The van der Waals surface area contributed by atoms with Gasteiger partial charge in [0.2, 0.25) is 0 Å². The summed E-state index contributed by atoms with van der Waals surface area (Å²) in [7, 11) is 0. The summed E-state index contributed by atoms with van der Waals surface area (Å²) in [6.07, 6.45) is 10.1. The van der Waals surface area contributed by atoms with Crippen molar-refractivity contribution in [1.82, 2.24) is 5.32 Å². The molecular weight excluding hydrogens is 216 g/mol. The van der Waals surface area contributed by atoms with Gasteiger partial charge in [-0.3, -0.25) is 0 Å². The van der Waals surface area contributed by atoms with Crippen LogP contribution in [0.3, 0.4) is 0 Å². The van der Waals surface area contributed by atoms with Crippen molar-refractivity contribution >= 4 is 11.8 Å². The molecule has 2 aliphatic rings. The molecule has 16 heavy (non-hydrogen) atoms. The summed E-state index contributed by atoms with van der Waals surface area (Å²) in [5, 5.41) is 3.73. The molecule has 1 aliphatic heterocycles. The van der Waals surface area contributed by atoms with Gasteiger partial charge >= 0.3 is 0 Å². The summed E-state index contributed by atoms with van der Waals surface area (Å²) in [4.78, 5) is 0. The first-order chi connectivity index (χ1) is 7.85. The molecule has 0 saturated carbocycles. The van der Waals surface area contributed by atoms with E-state index in [4.69, 9.17) is 5.73 Å². The maximum atomic E-state index is 5.95. The second-order valence-corrected chi connectivity index (χ2v) is 6.25. The van der Waals surface area contributed by atoms with E-state index in [0.29, 0.717) is 0 Å². The zero-order chi connectivity index (χ0) is 11.3. The molecule has 3 heteroatoms. The van der Waals surface area contributed by atoms with Crippen LogP contribution in [-0.4, -0.2) is 30.1 Å². The molecule has 0 amide bonds. The van der Waals surface area contributed by atoms with Crippen LogP contribution in [0.1, 0.15) is 38.5 Å². The van der Waals surface area contributed by atoms with Gasteiger partial charge in [-0.1, -0.05) is 11.6 Å². The molecule has 0 radical (unpaired) electrons. The van der Waals surface area contributed by atoms with Crippen LogP contribution in [-0.2, 0) is 0 Å². The maximum Gasteiger partial charge on any atom is 0.0319 e. The monoisotopic (exact) mass is 240 g/mol.